The van der Waals surface area contributed by atoms with E-state index in [1.54, 1.807) is 18.5 Å². The van der Waals surface area contributed by atoms with Crippen LogP contribution in [0.4, 0.5) is 5.82 Å². The number of nitrogens with one attached hydrogen (secondary N) is 1. The molecule has 1 amide bonds. The van der Waals surface area contributed by atoms with Gasteiger partial charge < -0.3 is 15.1 Å². The first-order valence-electron chi connectivity index (χ1n) is 12.7. The maximum Gasteiger partial charge on any atom is 0.253 e. The van der Waals surface area contributed by atoms with E-state index in [-0.39, 0.29) is 11.9 Å². The number of piperazine rings is 1. The molecule has 1 aromatic carbocycles. The van der Waals surface area contributed by atoms with Gasteiger partial charge >= 0.3 is 0 Å². The molecule has 2 aromatic heterocycles. The van der Waals surface area contributed by atoms with E-state index in [1.165, 1.54) is 5.56 Å². The number of benzene rings is 1. The first-order chi connectivity index (χ1) is 17.6. The zero-order valence-corrected chi connectivity index (χ0v) is 21.5. The molecule has 0 unspecified atom stereocenters. The highest BCUT2D eigenvalue weighted by atomic mass is 35.5. The van der Waals surface area contributed by atoms with Crippen molar-refractivity contribution in [3.63, 3.8) is 0 Å². The van der Waals surface area contributed by atoms with Crippen molar-refractivity contribution in [1.82, 2.24) is 25.1 Å². The Balaban J connectivity index is 1.14. The number of rotatable bonds is 6. The number of aromatic nitrogens is 2. The molecule has 2 aliphatic rings. The van der Waals surface area contributed by atoms with Gasteiger partial charge in [0.25, 0.3) is 5.91 Å². The minimum Gasteiger partial charge on any atom is -0.356 e. The van der Waals surface area contributed by atoms with Gasteiger partial charge in [0.15, 0.2) is 0 Å². The second kappa shape index (κ2) is 11.4. The summed E-state index contributed by atoms with van der Waals surface area (Å²) in [6, 6.07) is 13.8. The number of piperidine rings is 1. The van der Waals surface area contributed by atoms with Gasteiger partial charge in [0, 0.05) is 81.6 Å². The molecule has 4 heterocycles. The fourth-order valence-corrected chi connectivity index (χ4v) is 5.25. The molecule has 0 saturated carbocycles. The largest absolute Gasteiger partial charge is 0.356 e. The lowest BCUT2D eigenvalue weighted by molar-refractivity contribution is 0.0931. The van der Waals surface area contributed by atoms with Gasteiger partial charge in [-0.25, -0.2) is 4.98 Å². The van der Waals surface area contributed by atoms with Gasteiger partial charge in [-0.1, -0.05) is 35.9 Å². The molecule has 7 nitrogen and oxygen atoms in total. The first-order valence-corrected chi connectivity index (χ1v) is 13.0. The monoisotopic (exact) mass is 504 g/mol. The molecule has 0 atom stereocenters. The van der Waals surface area contributed by atoms with Crippen LogP contribution in [0.1, 0.15) is 28.8 Å². The SMILES string of the molecule is CN1CCN(Cc2ccc(N3CCC(NC(=O)c4cccc(-c5cccnc5)c4Cl)CC3)nc2)CC1. The van der Waals surface area contributed by atoms with Crippen LogP contribution >= 0.6 is 11.6 Å². The van der Waals surface area contributed by atoms with Crippen molar-refractivity contribution < 1.29 is 4.79 Å². The van der Waals surface area contributed by atoms with E-state index in [2.05, 4.69) is 44.2 Å². The molecule has 2 saturated heterocycles. The Hall–Kier alpha value is -3.00. The van der Waals surface area contributed by atoms with Crippen molar-refractivity contribution in [3.05, 3.63) is 77.2 Å². The zero-order valence-electron chi connectivity index (χ0n) is 20.7. The van der Waals surface area contributed by atoms with Crippen molar-refractivity contribution in [2.24, 2.45) is 0 Å². The molecule has 0 radical (unpaired) electrons. The van der Waals surface area contributed by atoms with Crippen LogP contribution in [-0.4, -0.2) is 78.0 Å². The summed E-state index contributed by atoms with van der Waals surface area (Å²) in [4.78, 5) is 29.1. The predicted molar refractivity (Wildman–Crippen MR) is 144 cm³/mol. The van der Waals surface area contributed by atoms with Crippen molar-refractivity contribution in [2.45, 2.75) is 25.4 Å². The van der Waals surface area contributed by atoms with Crippen LogP contribution in [-0.2, 0) is 6.54 Å². The molecule has 8 heteroatoms. The van der Waals surface area contributed by atoms with E-state index < -0.39 is 0 Å². The minimum atomic E-state index is -0.129. The van der Waals surface area contributed by atoms with Crippen LogP contribution in [0.3, 0.4) is 0 Å². The van der Waals surface area contributed by atoms with Crippen LogP contribution < -0.4 is 10.2 Å². The Morgan fingerprint density at radius 1 is 1.00 bits per heavy atom. The topological polar surface area (TPSA) is 64.6 Å². The molecule has 188 valence electrons. The molecule has 1 N–H and O–H groups in total. The van der Waals surface area contributed by atoms with Crippen LogP contribution in [0.15, 0.2) is 61.1 Å². The summed E-state index contributed by atoms with van der Waals surface area (Å²) in [5.41, 5.74) is 3.47. The van der Waals surface area contributed by atoms with Crippen LogP contribution in [0.2, 0.25) is 5.02 Å². The Bertz CT molecular complexity index is 1160. The van der Waals surface area contributed by atoms with Gasteiger partial charge in [-0.3, -0.25) is 14.7 Å². The molecular formula is C28H33ClN6O. The third-order valence-electron chi connectivity index (χ3n) is 7.18. The number of hydrogen-bond donors (Lipinski definition) is 1. The number of likely N-dealkylation sites (N-methyl/N-ethyl adjacent to an activating group) is 1. The number of amides is 1. The van der Waals surface area contributed by atoms with Crippen LogP contribution in [0.5, 0.6) is 0 Å². The molecule has 3 aromatic rings. The molecule has 0 spiro atoms. The first kappa shape index (κ1) is 24.7. The summed E-state index contributed by atoms with van der Waals surface area (Å²) in [6.07, 6.45) is 7.23. The molecule has 5 rings (SSSR count). The van der Waals surface area contributed by atoms with Gasteiger partial charge in [0.2, 0.25) is 0 Å². The summed E-state index contributed by atoms with van der Waals surface area (Å²) in [6.45, 7) is 7.14. The second-order valence-corrected chi connectivity index (χ2v) is 10.1. The van der Waals surface area contributed by atoms with Gasteiger partial charge in [0.05, 0.1) is 10.6 Å². The molecule has 36 heavy (non-hydrogen) atoms. The van der Waals surface area contributed by atoms with Crippen LogP contribution in [0, 0.1) is 0 Å². The Morgan fingerprint density at radius 3 is 2.50 bits per heavy atom. The zero-order chi connectivity index (χ0) is 24.9. The number of anilines is 1. The van der Waals surface area contributed by atoms with Crippen molar-refractivity contribution in [2.75, 3.05) is 51.2 Å². The van der Waals surface area contributed by atoms with Gasteiger partial charge in [-0.2, -0.15) is 0 Å². The van der Waals surface area contributed by atoms with E-state index in [0.717, 1.165) is 75.6 Å². The molecule has 0 aliphatic carbocycles. The lowest BCUT2D eigenvalue weighted by atomic mass is 10.0. The van der Waals surface area contributed by atoms with E-state index in [4.69, 9.17) is 16.6 Å². The minimum absolute atomic E-state index is 0.114. The van der Waals surface area contributed by atoms with Gasteiger partial charge in [-0.15, -0.1) is 0 Å². The van der Waals surface area contributed by atoms with E-state index in [9.17, 15) is 4.79 Å². The number of carbonyl (C=O) groups is 1. The molecule has 2 aliphatic heterocycles. The fourth-order valence-electron chi connectivity index (χ4n) is 4.93. The summed E-state index contributed by atoms with van der Waals surface area (Å²) >= 11 is 6.63. The van der Waals surface area contributed by atoms with E-state index >= 15 is 0 Å². The van der Waals surface area contributed by atoms with Crippen LogP contribution in [0.25, 0.3) is 11.1 Å². The average Bonchev–Trinajstić information content (AvgIpc) is 2.91. The third kappa shape index (κ3) is 5.86. The quantitative estimate of drug-likeness (QED) is 0.548. The average molecular weight is 505 g/mol. The van der Waals surface area contributed by atoms with E-state index in [1.807, 2.05) is 30.5 Å². The number of hydrogen-bond acceptors (Lipinski definition) is 6. The maximum absolute atomic E-state index is 13.0. The van der Waals surface area contributed by atoms with Gasteiger partial charge in [-0.05, 0) is 43.7 Å². The number of nitrogens with zero attached hydrogens (tertiary/aromatic N) is 5. The molecule has 0 bridgehead atoms. The lowest BCUT2D eigenvalue weighted by Gasteiger charge is -2.34. The molecule has 2 fully saturated rings. The molecular weight excluding hydrogens is 472 g/mol. The highest BCUT2D eigenvalue weighted by molar-refractivity contribution is 6.36. The number of pyridine rings is 2. The highest BCUT2D eigenvalue weighted by Gasteiger charge is 2.23. The lowest BCUT2D eigenvalue weighted by Crippen LogP contribution is -2.45. The smallest absolute Gasteiger partial charge is 0.253 e. The van der Waals surface area contributed by atoms with E-state index in [0.29, 0.717) is 10.6 Å². The van der Waals surface area contributed by atoms with Crippen molar-refractivity contribution in [1.29, 1.82) is 0 Å². The summed E-state index contributed by atoms with van der Waals surface area (Å²) in [7, 11) is 2.18. The van der Waals surface area contributed by atoms with Crippen molar-refractivity contribution in [3.8, 4) is 11.1 Å². The predicted octanol–water partition coefficient (Wildman–Crippen LogP) is 3.94. The summed E-state index contributed by atoms with van der Waals surface area (Å²) < 4.78 is 0. The normalized spacial score (nSPS) is 17.8. The maximum atomic E-state index is 13.0. The Labute approximate surface area is 218 Å². The third-order valence-corrected chi connectivity index (χ3v) is 7.59. The highest BCUT2D eigenvalue weighted by Crippen LogP contribution is 2.30. The standard InChI is InChI=1S/C28H33ClN6O/c1-33-14-16-34(17-15-33)20-21-7-8-26(31-18-21)35-12-9-23(10-13-35)32-28(36)25-6-2-5-24(27(25)29)22-4-3-11-30-19-22/h2-8,11,18-19,23H,9-10,12-17,20H2,1H3,(H,32,36). The Morgan fingerprint density at radius 2 is 1.81 bits per heavy atom. The van der Waals surface area contributed by atoms with Gasteiger partial charge in [0.1, 0.15) is 5.82 Å². The Kier molecular flexibility index (Phi) is 7.80. The summed E-state index contributed by atoms with van der Waals surface area (Å²) in [5.74, 6) is 0.879. The second-order valence-electron chi connectivity index (χ2n) is 9.75. The number of carbonyl (C=O) groups excluding carboxylic acids is 1. The summed E-state index contributed by atoms with van der Waals surface area (Å²) in [5, 5.41) is 3.65. The van der Waals surface area contributed by atoms with Crippen molar-refractivity contribution >= 4 is 23.3 Å². The fraction of sp³-hybridized carbons (Fsp3) is 0.393. The number of halogens is 1.